The summed E-state index contributed by atoms with van der Waals surface area (Å²) in [6.07, 6.45) is 11.9. The summed E-state index contributed by atoms with van der Waals surface area (Å²) in [6.45, 7) is 4.26. The van der Waals surface area contributed by atoms with Crippen LogP contribution >= 0.6 is 0 Å². The van der Waals surface area contributed by atoms with Crippen LogP contribution in [0.25, 0.3) is 67.7 Å². The second kappa shape index (κ2) is 8.21. The predicted molar refractivity (Wildman–Crippen MR) is 170 cm³/mol. The van der Waals surface area contributed by atoms with E-state index in [0.29, 0.717) is 22.1 Å². The maximum atomic E-state index is 14.1. The molecule has 0 N–H and O–H groups in total. The summed E-state index contributed by atoms with van der Waals surface area (Å²) in [5, 5.41) is 5.88. The van der Waals surface area contributed by atoms with E-state index in [-0.39, 0.29) is 23.2 Å². The summed E-state index contributed by atoms with van der Waals surface area (Å²) in [4.78, 5) is 37.6. The molecule has 0 bridgehead atoms. The minimum absolute atomic E-state index is 0.0876. The lowest BCUT2D eigenvalue weighted by molar-refractivity contribution is 0.574. The monoisotopic (exact) mass is 542 g/mol. The van der Waals surface area contributed by atoms with Crippen LogP contribution in [0.3, 0.4) is 0 Å². The van der Waals surface area contributed by atoms with Crippen molar-refractivity contribution >= 4 is 67.7 Å². The van der Waals surface area contributed by atoms with E-state index in [1.807, 2.05) is 114 Å². The van der Waals surface area contributed by atoms with Crippen molar-refractivity contribution in [2.45, 2.75) is 12.1 Å². The third-order valence-corrected chi connectivity index (χ3v) is 8.72. The minimum Gasteiger partial charge on any atom is -0.283 e. The Hall–Kier alpha value is -5.62. The highest BCUT2D eigenvalue weighted by Gasteiger charge is 2.29. The summed E-state index contributed by atoms with van der Waals surface area (Å²) in [6, 6.07) is 23.3. The average molecular weight is 543 g/mol. The third kappa shape index (κ3) is 2.93. The maximum absolute atomic E-state index is 14.1. The molecule has 2 unspecified atom stereocenters. The molecule has 4 aromatic carbocycles. The molecule has 0 amide bonds. The Morgan fingerprint density at radius 2 is 1.55 bits per heavy atom. The van der Waals surface area contributed by atoms with Crippen molar-refractivity contribution in [2.75, 3.05) is 0 Å². The molecule has 0 saturated heterocycles. The Bertz CT molecular complexity index is 2660. The molecule has 2 atom stereocenters. The van der Waals surface area contributed by atoms with Crippen LogP contribution in [0.4, 0.5) is 0 Å². The van der Waals surface area contributed by atoms with Gasteiger partial charge in [0, 0.05) is 32.5 Å². The zero-order chi connectivity index (χ0) is 28.1. The Balaban J connectivity index is 1.31. The van der Waals surface area contributed by atoms with E-state index in [4.69, 9.17) is 9.98 Å². The lowest BCUT2D eigenvalue weighted by Gasteiger charge is -2.17. The number of hydrogen-bond acceptors (Lipinski definition) is 4. The molecular weight excluding hydrogens is 520 g/mol. The van der Waals surface area contributed by atoms with Crippen molar-refractivity contribution in [3.63, 3.8) is 0 Å². The van der Waals surface area contributed by atoms with E-state index in [1.54, 1.807) is 4.40 Å². The van der Waals surface area contributed by atoms with Crippen LogP contribution in [0.1, 0.15) is 17.2 Å². The van der Waals surface area contributed by atoms with E-state index in [0.717, 1.165) is 48.7 Å². The summed E-state index contributed by atoms with van der Waals surface area (Å²) in [5.74, 6) is 0. The largest absolute Gasteiger partial charge is 0.283 e. The first-order valence-electron chi connectivity index (χ1n) is 14.0. The van der Waals surface area contributed by atoms with Crippen LogP contribution < -0.4 is 21.8 Å². The SMILES string of the molecule is C=c1cccc2c3n(c(=O)c(/C=C\c4ccc5c6c4cccc6c(=O)n4c6ccccc6nc54)c12)C1C=CC=CC1N=3. The van der Waals surface area contributed by atoms with Gasteiger partial charge in [0.05, 0.1) is 23.1 Å². The van der Waals surface area contributed by atoms with Crippen molar-refractivity contribution in [3.8, 4) is 0 Å². The van der Waals surface area contributed by atoms with Gasteiger partial charge in [-0.05, 0) is 46.5 Å². The van der Waals surface area contributed by atoms with Gasteiger partial charge in [0.25, 0.3) is 11.1 Å². The van der Waals surface area contributed by atoms with Crippen LogP contribution in [-0.4, -0.2) is 20.0 Å². The van der Waals surface area contributed by atoms with Crippen LogP contribution in [0.5, 0.6) is 0 Å². The molecular formula is C36H22N4O2. The summed E-state index contributed by atoms with van der Waals surface area (Å²) in [7, 11) is 0. The molecule has 6 heteroatoms. The smallest absolute Gasteiger partial charge is 0.264 e. The normalized spacial score (nSPS) is 17.7. The second-order valence-corrected chi connectivity index (χ2v) is 11.0. The molecule has 0 fully saturated rings. The number of imidazole rings is 1. The van der Waals surface area contributed by atoms with Crippen molar-refractivity contribution < 1.29 is 0 Å². The predicted octanol–water partition coefficient (Wildman–Crippen LogP) is 5.16. The molecule has 9 rings (SSSR count). The standard InChI is InChI=1S/C36H22N4O2/c1-20-8-6-10-23-31(20)26(36(42)39-29-14-4-2-12-27(29)37-33(23)39)19-17-21-16-18-24-32-22(21)9-7-11-25(32)35(41)40-30-15-5-3-13-28(30)38-34(24)40/h2-19,27,29H,1H2/b19-17-. The van der Waals surface area contributed by atoms with Crippen LogP contribution in [0.2, 0.25) is 0 Å². The third-order valence-electron chi connectivity index (χ3n) is 8.72. The molecule has 198 valence electrons. The lowest BCUT2D eigenvalue weighted by Crippen LogP contribution is -2.36. The Kier molecular flexibility index (Phi) is 4.52. The van der Waals surface area contributed by atoms with Crippen molar-refractivity contribution in [1.29, 1.82) is 0 Å². The Morgan fingerprint density at radius 1 is 0.738 bits per heavy atom. The first-order chi connectivity index (χ1) is 20.6. The van der Waals surface area contributed by atoms with Gasteiger partial charge in [-0.25, -0.2) is 4.98 Å². The zero-order valence-corrected chi connectivity index (χ0v) is 22.4. The fraction of sp³-hybridized carbons (Fsp3) is 0.0556. The van der Waals surface area contributed by atoms with Gasteiger partial charge in [-0.15, -0.1) is 0 Å². The number of fused-ring (bicyclic) bond motifs is 9. The maximum Gasteiger partial charge on any atom is 0.264 e. The quantitative estimate of drug-likeness (QED) is 0.303. The highest BCUT2D eigenvalue weighted by atomic mass is 16.1. The van der Waals surface area contributed by atoms with Gasteiger partial charge in [0.1, 0.15) is 11.1 Å². The van der Waals surface area contributed by atoms with E-state index >= 15 is 0 Å². The summed E-state index contributed by atoms with van der Waals surface area (Å²) in [5.41, 5.74) is 4.25. The summed E-state index contributed by atoms with van der Waals surface area (Å²) < 4.78 is 3.52. The average Bonchev–Trinajstić information content (AvgIpc) is 3.60. The number of aromatic nitrogens is 3. The minimum atomic E-state index is -0.145. The number of rotatable bonds is 2. The Labute approximate surface area is 238 Å². The number of hydrogen-bond donors (Lipinski definition) is 0. The number of pyridine rings is 2. The van der Waals surface area contributed by atoms with Crippen molar-refractivity contribution in [2.24, 2.45) is 4.99 Å². The summed E-state index contributed by atoms with van der Waals surface area (Å²) >= 11 is 0. The number of allylic oxidation sites excluding steroid dienone is 2. The molecule has 42 heavy (non-hydrogen) atoms. The fourth-order valence-electron chi connectivity index (χ4n) is 6.86. The highest BCUT2D eigenvalue weighted by molar-refractivity contribution is 6.17. The van der Waals surface area contributed by atoms with Gasteiger partial charge in [-0.2, -0.15) is 0 Å². The number of benzene rings is 4. The molecule has 1 aliphatic heterocycles. The topological polar surface area (TPSA) is 68.7 Å². The highest BCUT2D eigenvalue weighted by Crippen LogP contribution is 2.33. The van der Waals surface area contributed by atoms with E-state index in [1.165, 1.54) is 0 Å². The van der Waals surface area contributed by atoms with Crippen molar-refractivity contribution in [3.05, 3.63) is 140 Å². The van der Waals surface area contributed by atoms with Gasteiger partial charge in [0.2, 0.25) is 0 Å². The van der Waals surface area contributed by atoms with Gasteiger partial charge in [-0.1, -0.05) is 85.5 Å². The zero-order valence-electron chi connectivity index (χ0n) is 22.4. The van der Waals surface area contributed by atoms with E-state index in [9.17, 15) is 9.59 Å². The Morgan fingerprint density at radius 3 is 2.48 bits per heavy atom. The molecule has 4 heterocycles. The fourth-order valence-corrected chi connectivity index (χ4v) is 6.86. The molecule has 6 nitrogen and oxygen atoms in total. The molecule has 0 spiro atoms. The number of para-hydroxylation sites is 2. The molecule has 0 radical (unpaired) electrons. The van der Waals surface area contributed by atoms with Crippen molar-refractivity contribution in [1.82, 2.24) is 14.0 Å². The van der Waals surface area contributed by atoms with Gasteiger partial charge in [0.15, 0.2) is 0 Å². The first kappa shape index (κ1) is 23.1. The van der Waals surface area contributed by atoms with Crippen LogP contribution in [0, 0.1) is 0 Å². The van der Waals surface area contributed by atoms with Gasteiger partial charge >= 0.3 is 0 Å². The molecule has 2 aliphatic rings. The molecule has 7 aromatic rings. The van der Waals surface area contributed by atoms with Crippen LogP contribution in [-0.2, 0) is 0 Å². The van der Waals surface area contributed by atoms with Gasteiger partial charge in [-0.3, -0.25) is 23.5 Å². The first-order valence-corrected chi connectivity index (χ1v) is 14.0. The molecule has 1 aliphatic carbocycles. The second-order valence-electron chi connectivity index (χ2n) is 11.0. The molecule has 3 aromatic heterocycles. The lowest BCUT2D eigenvalue weighted by atomic mass is 9.97. The number of nitrogens with zero attached hydrogens (tertiary/aromatic N) is 4. The van der Waals surface area contributed by atoms with E-state index < -0.39 is 0 Å². The molecule has 0 saturated carbocycles. The van der Waals surface area contributed by atoms with E-state index in [2.05, 4.69) is 6.58 Å². The van der Waals surface area contributed by atoms with Crippen LogP contribution in [0.15, 0.2) is 112 Å². The van der Waals surface area contributed by atoms with Gasteiger partial charge < -0.3 is 0 Å².